The molecule has 150 valence electrons. The van der Waals surface area contributed by atoms with E-state index in [0.29, 0.717) is 11.8 Å². The number of nitrogens with one attached hydrogen (secondary N) is 1. The van der Waals surface area contributed by atoms with Crippen LogP contribution in [0.4, 0.5) is 11.4 Å². The molecule has 1 amide bonds. The van der Waals surface area contributed by atoms with Crippen LogP contribution in [0.25, 0.3) is 0 Å². The van der Waals surface area contributed by atoms with E-state index < -0.39 is 0 Å². The normalized spacial score (nSPS) is 29.2. The Morgan fingerprint density at radius 2 is 1.59 bits per heavy atom. The molecule has 0 bridgehead atoms. The molecule has 2 aromatic rings. The molecule has 0 unspecified atom stereocenters. The molecule has 2 heterocycles. The summed E-state index contributed by atoms with van der Waals surface area (Å²) in [5.74, 6) is 2.99. The van der Waals surface area contributed by atoms with Crippen LogP contribution in [0.15, 0.2) is 36.4 Å². The molecule has 29 heavy (non-hydrogen) atoms. The molecular formula is C26H30N2O. The summed E-state index contributed by atoms with van der Waals surface area (Å²) in [7, 11) is 0. The van der Waals surface area contributed by atoms with Gasteiger partial charge >= 0.3 is 0 Å². The highest BCUT2D eigenvalue weighted by atomic mass is 16.1. The van der Waals surface area contributed by atoms with Gasteiger partial charge in [0.15, 0.2) is 0 Å². The number of fused-ring (bicyclic) bond motifs is 4. The molecule has 0 saturated heterocycles. The van der Waals surface area contributed by atoms with Gasteiger partial charge in [-0.25, -0.2) is 0 Å². The Morgan fingerprint density at radius 1 is 0.931 bits per heavy atom. The fourth-order valence-corrected chi connectivity index (χ4v) is 6.83. The van der Waals surface area contributed by atoms with E-state index in [-0.39, 0.29) is 5.91 Å². The highest BCUT2D eigenvalue weighted by Gasteiger charge is 2.44. The molecular weight excluding hydrogens is 356 g/mol. The maximum Gasteiger partial charge on any atom is 0.255 e. The molecule has 2 fully saturated rings. The van der Waals surface area contributed by atoms with Crippen molar-refractivity contribution in [1.82, 2.24) is 0 Å². The number of aryl methyl sites for hydroxylation is 1. The number of benzene rings is 2. The Bertz CT molecular complexity index is 935. The summed E-state index contributed by atoms with van der Waals surface area (Å²) in [4.78, 5) is 15.7. The second-order valence-electron chi connectivity index (χ2n) is 9.83. The van der Waals surface area contributed by atoms with Crippen LogP contribution in [0.1, 0.15) is 77.4 Å². The van der Waals surface area contributed by atoms with Gasteiger partial charge < -0.3 is 10.2 Å². The molecule has 0 spiro atoms. The third kappa shape index (κ3) is 2.81. The van der Waals surface area contributed by atoms with Crippen molar-refractivity contribution < 1.29 is 4.79 Å². The molecule has 0 radical (unpaired) electrons. The molecule has 2 aliphatic carbocycles. The summed E-state index contributed by atoms with van der Waals surface area (Å²) >= 11 is 0. The third-order valence-corrected chi connectivity index (χ3v) is 8.05. The Morgan fingerprint density at radius 3 is 2.21 bits per heavy atom. The molecule has 2 aromatic carbocycles. The second kappa shape index (κ2) is 6.62. The number of anilines is 2. The minimum absolute atomic E-state index is 0.00951. The fourth-order valence-electron chi connectivity index (χ4n) is 6.83. The van der Waals surface area contributed by atoms with Gasteiger partial charge in [-0.15, -0.1) is 0 Å². The van der Waals surface area contributed by atoms with E-state index in [0.717, 1.165) is 28.7 Å². The molecule has 6 rings (SSSR count). The zero-order chi connectivity index (χ0) is 19.5. The number of amides is 1. The Balaban J connectivity index is 1.42. The van der Waals surface area contributed by atoms with E-state index >= 15 is 0 Å². The monoisotopic (exact) mass is 386 g/mol. The quantitative estimate of drug-likeness (QED) is 0.702. The number of hydrogen-bond donors (Lipinski definition) is 1. The standard InChI is InChI=1S/C26H30N2O/c1-16-5-2-6-17(11-16)26(29)27-20-12-23-21-9-3-7-18(21)14-28-15-19-8-4-10-22(19)24(13-20)25(23)28/h2,5-6,11-13,18-19,21-22H,3-4,7-10,14-15H2,1H3,(H,27,29)/t18-,19-,21-,22-/m1/s1. The van der Waals surface area contributed by atoms with Gasteiger partial charge in [0.05, 0.1) is 0 Å². The van der Waals surface area contributed by atoms with E-state index in [1.165, 1.54) is 62.7 Å². The highest BCUT2D eigenvalue weighted by Crippen LogP contribution is 2.56. The van der Waals surface area contributed by atoms with Crippen molar-refractivity contribution in [2.45, 2.75) is 57.3 Å². The predicted molar refractivity (Wildman–Crippen MR) is 118 cm³/mol. The van der Waals surface area contributed by atoms with Crippen molar-refractivity contribution in [2.24, 2.45) is 11.8 Å². The predicted octanol–water partition coefficient (Wildman–Crippen LogP) is 5.85. The van der Waals surface area contributed by atoms with Crippen LogP contribution in [-0.4, -0.2) is 19.0 Å². The first-order valence-corrected chi connectivity index (χ1v) is 11.5. The molecule has 4 aliphatic rings. The van der Waals surface area contributed by atoms with Crippen molar-refractivity contribution >= 4 is 17.3 Å². The number of rotatable bonds is 2. The van der Waals surface area contributed by atoms with Crippen molar-refractivity contribution in [3.63, 3.8) is 0 Å². The summed E-state index contributed by atoms with van der Waals surface area (Å²) in [6.45, 7) is 4.54. The lowest BCUT2D eigenvalue weighted by molar-refractivity contribution is 0.102. The summed E-state index contributed by atoms with van der Waals surface area (Å²) in [6.07, 6.45) is 8.06. The Hall–Kier alpha value is -2.29. The molecule has 2 saturated carbocycles. The number of carbonyl (C=O) groups is 1. The first-order chi connectivity index (χ1) is 14.2. The van der Waals surface area contributed by atoms with Crippen LogP contribution in [0.3, 0.4) is 0 Å². The first-order valence-electron chi connectivity index (χ1n) is 11.5. The van der Waals surface area contributed by atoms with Crippen LogP contribution in [0.5, 0.6) is 0 Å². The van der Waals surface area contributed by atoms with Gasteiger partial charge in [0.1, 0.15) is 0 Å². The van der Waals surface area contributed by atoms with E-state index in [9.17, 15) is 4.79 Å². The van der Waals surface area contributed by atoms with E-state index in [1.54, 1.807) is 5.69 Å². The highest BCUT2D eigenvalue weighted by molar-refractivity contribution is 6.04. The molecule has 2 aliphatic heterocycles. The lowest BCUT2D eigenvalue weighted by Gasteiger charge is -2.46. The van der Waals surface area contributed by atoms with Gasteiger partial charge in [-0.05, 0) is 91.7 Å². The zero-order valence-corrected chi connectivity index (χ0v) is 17.3. The average Bonchev–Trinajstić information content (AvgIpc) is 3.37. The number of nitrogens with zero attached hydrogens (tertiary/aromatic N) is 1. The minimum atomic E-state index is 0.00951. The van der Waals surface area contributed by atoms with Gasteiger partial charge in [-0.2, -0.15) is 0 Å². The van der Waals surface area contributed by atoms with Crippen LogP contribution in [0.2, 0.25) is 0 Å². The first kappa shape index (κ1) is 17.6. The topological polar surface area (TPSA) is 32.3 Å². The van der Waals surface area contributed by atoms with Gasteiger partial charge in [0, 0.05) is 30.0 Å². The number of carbonyl (C=O) groups excluding carboxylic acids is 1. The van der Waals surface area contributed by atoms with Crippen LogP contribution in [-0.2, 0) is 0 Å². The van der Waals surface area contributed by atoms with E-state index in [4.69, 9.17) is 0 Å². The largest absolute Gasteiger partial charge is 0.370 e. The van der Waals surface area contributed by atoms with Crippen molar-refractivity contribution in [1.29, 1.82) is 0 Å². The third-order valence-electron chi connectivity index (χ3n) is 8.05. The van der Waals surface area contributed by atoms with E-state index in [1.807, 2.05) is 31.2 Å². The Labute approximate surface area is 173 Å². The SMILES string of the molecule is Cc1cccc(C(=O)Nc2cc3c4c(c2)[C@@H]2CCC[C@@H]2CN4C[C@H]2CCC[C@@H]32)c1. The maximum atomic E-state index is 12.9. The molecule has 1 N–H and O–H groups in total. The van der Waals surface area contributed by atoms with Crippen LogP contribution in [0, 0.1) is 18.8 Å². The van der Waals surface area contributed by atoms with Crippen molar-refractivity contribution in [2.75, 3.05) is 23.3 Å². The molecule has 0 aromatic heterocycles. The van der Waals surface area contributed by atoms with Crippen molar-refractivity contribution in [3.8, 4) is 0 Å². The summed E-state index contributed by atoms with van der Waals surface area (Å²) in [6, 6.07) is 12.5. The Kier molecular flexibility index (Phi) is 4.01. The zero-order valence-electron chi connectivity index (χ0n) is 17.3. The molecule has 4 atom stereocenters. The average molecular weight is 387 g/mol. The smallest absolute Gasteiger partial charge is 0.255 e. The summed E-state index contributed by atoms with van der Waals surface area (Å²) in [5.41, 5.74) is 7.48. The van der Waals surface area contributed by atoms with Crippen LogP contribution >= 0.6 is 0 Å². The lowest BCUT2D eigenvalue weighted by Crippen LogP contribution is -2.43. The summed E-state index contributed by atoms with van der Waals surface area (Å²) in [5, 5.41) is 3.25. The van der Waals surface area contributed by atoms with Crippen LogP contribution < -0.4 is 10.2 Å². The lowest BCUT2D eigenvalue weighted by atomic mass is 9.75. The van der Waals surface area contributed by atoms with Gasteiger partial charge in [0.25, 0.3) is 5.91 Å². The summed E-state index contributed by atoms with van der Waals surface area (Å²) < 4.78 is 0. The minimum Gasteiger partial charge on any atom is -0.370 e. The van der Waals surface area contributed by atoms with E-state index in [2.05, 4.69) is 22.3 Å². The maximum absolute atomic E-state index is 12.9. The van der Waals surface area contributed by atoms with Gasteiger partial charge in [-0.3, -0.25) is 4.79 Å². The fraction of sp³-hybridized carbons (Fsp3) is 0.500. The molecule has 3 nitrogen and oxygen atoms in total. The van der Waals surface area contributed by atoms with Crippen molar-refractivity contribution in [3.05, 3.63) is 58.7 Å². The second-order valence-corrected chi connectivity index (χ2v) is 9.83. The molecule has 3 heteroatoms. The van der Waals surface area contributed by atoms with Gasteiger partial charge in [0.2, 0.25) is 0 Å². The number of hydrogen-bond acceptors (Lipinski definition) is 2. The van der Waals surface area contributed by atoms with Gasteiger partial charge in [-0.1, -0.05) is 30.5 Å².